The molecule has 0 radical (unpaired) electrons. The molecule has 1 aliphatic heterocycles. The maximum absolute atomic E-state index is 12.6. The number of carbonyl (C=O) groups excluding carboxylic acids is 1. The van der Waals surface area contributed by atoms with E-state index in [1.54, 1.807) is 0 Å². The summed E-state index contributed by atoms with van der Waals surface area (Å²) in [5.74, 6) is -0.677. The maximum Gasteiger partial charge on any atom is 0.323 e. The van der Waals surface area contributed by atoms with E-state index in [1.807, 2.05) is 20.8 Å². The van der Waals surface area contributed by atoms with Gasteiger partial charge in [0, 0.05) is 13.1 Å². The summed E-state index contributed by atoms with van der Waals surface area (Å²) in [6.45, 7) is 7.80. The second-order valence-electron chi connectivity index (χ2n) is 5.53. The first-order valence-electron chi connectivity index (χ1n) is 6.63. The standard InChI is InChI=1S/C13H24N2O3/c1-4-13(5-6-14-9-13)12(18)15(7-10(2)3)8-11(16)17/h10,14H,4-9H2,1-3H3,(H,16,17). The molecule has 1 aliphatic rings. The predicted octanol–water partition coefficient (Wildman–Crippen LogP) is 0.945. The molecular weight excluding hydrogens is 232 g/mol. The highest BCUT2D eigenvalue weighted by Gasteiger charge is 2.42. The molecule has 2 N–H and O–H groups in total. The molecule has 104 valence electrons. The summed E-state index contributed by atoms with van der Waals surface area (Å²) in [6.07, 6.45) is 1.56. The van der Waals surface area contributed by atoms with Gasteiger partial charge in [-0.25, -0.2) is 0 Å². The monoisotopic (exact) mass is 256 g/mol. The Labute approximate surface area is 109 Å². The third-order valence-electron chi connectivity index (χ3n) is 3.57. The Morgan fingerprint density at radius 2 is 2.11 bits per heavy atom. The number of rotatable bonds is 6. The van der Waals surface area contributed by atoms with Gasteiger partial charge in [0.1, 0.15) is 6.54 Å². The molecule has 1 heterocycles. The lowest BCUT2D eigenvalue weighted by molar-refractivity contribution is -0.150. The Balaban J connectivity index is 2.82. The number of amides is 1. The smallest absolute Gasteiger partial charge is 0.323 e. The summed E-state index contributed by atoms with van der Waals surface area (Å²) in [6, 6.07) is 0. The quantitative estimate of drug-likeness (QED) is 0.742. The SMILES string of the molecule is CCC1(C(=O)N(CC(=O)O)CC(C)C)CCNC1. The first-order chi connectivity index (χ1) is 8.41. The molecule has 0 aliphatic carbocycles. The zero-order chi connectivity index (χ0) is 13.8. The topological polar surface area (TPSA) is 69.6 Å². The molecule has 0 aromatic rings. The Morgan fingerprint density at radius 3 is 2.50 bits per heavy atom. The number of carboxylic acids is 1. The number of aliphatic carboxylic acids is 1. The summed E-state index contributed by atoms with van der Waals surface area (Å²) in [5, 5.41) is 12.1. The molecule has 0 aromatic carbocycles. The Hall–Kier alpha value is -1.10. The molecule has 1 amide bonds. The van der Waals surface area contributed by atoms with Crippen LogP contribution in [0.4, 0.5) is 0 Å². The van der Waals surface area contributed by atoms with Crippen molar-refractivity contribution >= 4 is 11.9 Å². The van der Waals surface area contributed by atoms with Gasteiger partial charge in [-0.05, 0) is 25.3 Å². The van der Waals surface area contributed by atoms with Gasteiger partial charge in [-0.15, -0.1) is 0 Å². The van der Waals surface area contributed by atoms with E-state index in [2.05, 4.69) is 5.32 Å². The molecular formula is C13H24N2O3. The van der Waals surface area contributed by atoms with Gasteiger partial charge in [-0.3, -0.25) is 9.59 Å². The van der Waals surface area contributed by atoms with Gasteiger partial charge in [0.2, 0.25) is 5.91 Å². The van der Waals surface area contributed by atoms with Crippen molar-refractivity contribution in [2.45, 2.75) is 33.6 Å². The molecule has 1 fully saturated rings. The van der Waals surface area contributed by atoms with E-state index in [4.69, 9.17) is 5.11 Å². The molecule has 0 saturated carbocycles. The van der Waals surface area contributed by atoms with E-state index in [-0.39, 0.29) is 18.4 Å². The molecule has 1 atom stereocenters. The van der Waals surface area contributed by atoms with E-state index in [0.29, 0.717) is 13.1 Å². The van der Waals surface area contributed by atoms with Gasteiger partial charge in [0.15, 0.2) is 0 Å². The fraction of sp³-hybridized carbons (Fsp3) is 0.846. The summed E-state index contributed by atoms with van der Waals surface area (Å²) in [5.41, 5.74) is -0.398. The van der Waals surface area contributed by atoms with Gasteiger partial charge < -0.3 is 15.3 Å². The van der Waals surface area contributed by atoms with E-state index in [0.717, 1.165) is 19.4 Å². The number of nitrogens with zero attached hydrogens (tertiary/aromatic N) is 1. The van der Waals surface area contributed by atoms with Gasteiger partial charge in [-0.1, -0.05) is 20.8 Å². The molecule has 18 heavy (non-hydrogen) atoms. The van der Waals surface area contributed by atoms with Crippen LogP contribution in [0.2, 0.25) is 0 Å². The molecule has 5 nitrogen and oxygen atoms in total. The van der Waals surface area contributed by atoms with Crippen molar-refractivity contribution in [3.63, 3.8) is 0 Å². The molecule has 1 rings (SSSR count). The van der Waals surface area contributed by atoms with Crippen molar-refractivity contribution in [1.29, 1.82) is 0 Å². The highest BCUT2D eigenvalue weighted by Crippen LogP contribution is 2.32. The minimum Gasteiger partial charge on any atom is -0.480 e. The highest BCUT2D eigenvalue weighted by atomic mass is 16.4. The number of nitrogens with one attached hydrogen (secondary N) is 1. The Morgan fingerprint density at radius 1 is 1.44 bits per heavy atom. The van der Waals surface area contributed by atoms with Crippen LogP contribution in [0.3, 0.4) is 0 Å². The number of hydrogen-bond donors (Lipinski definition) is 2. The van der Waals surface area contributed by atoms with Crippen molar-refractivity contribution in [3.8, 4) is 0 Å². The lowest BCUT2D eigenvalue weighted by atomic mass is 9.82. The van der Waals surface area contributed by atoms with E-state index >= 15 is 0 Å². The largest absolute Gasteiger partial charge is 0.480 e. The third-order valence-corrected chi connectivity index (χ3v) is 3.57. The van der Waals surface area contributed by atoms with Crippen LogP contribution in [0.25, 0.3) is 0 Å². The van der Waals surface area contributed by atoms with Crippen LogP contribution in [0.5, 0.6) is 0 Å². The second kappa shape index (κ2) is 6.18. The van der Waals surface area contributed by atoms with E-state index in [1.165, 1.54) is 4.90 Å². The lowest BCUT2D eigenvalue weighted by Gasteiger charge is -2.33. The first kappa shape index (κ1) is 15.0. The third kappa shape index (κ3) is 3.45. The van der Waals surface area contributed by atoms with Crippen LogP contribution in [0.1, 0.15) is 33.6 Å². The molecule has 1 unspecified atom stereocenters. The van der Waals surface area contributed by atoms with Crippen molar-refractivity contribution in [3.05, 3.63) is 0 Å². The minimum atomic E-state index is -0.943. The number of hydrogen-bond acceptors (Lipinski definition) is 3. The highest BCUT2D eigenvalue weighted by molar-refractivity contribution is 5.86. The Bertz CT molecular complexity index is 309. The van der Waals surface area contributed by atoms with Crippen LogP contribution in [-0.4, -0.2) is 48.1 Å². The van der Waals surface area contributed by atoms with Crippen LogP contribution in [0.15, 0.2) is 0 Å². The molecule has 0 bridgehead atoms. The summed E-state index contributed by atoms with van der Waals surface area (Å²) >= 11 is 0. The average Bonchev–Trinajstić information content (AvgIpc) is 2.75. The van der Waals surface area contributed by atoms with Crippen molar-refractivity contribution in [2.75, 3.05) is 26.2 Å². The molecule has 1 saturated heterocycles. The van der Waals surface area contributed by atoms with Gasteiger partial charge in [0.05, 0.1) is 5.41 Å². The average molecular weight is 256 g/mol. The van der Waals surface area contributed by atoms with Gasteiger partial charge >= 0.3 is 5.97 Å². The fourth-order valence-electron chi connectivity index (χ4n) is 2.54. The fourth-order valence-corrected chi connectivity index (χ4v) is 2.54. The van der Waals surface area contributed by atoms with Gasteiger partial charge in [-0.2, -0.15) is 0 Å². The molecule has 0 spiro atoms. The van der Waals surface area contributed by atoms with Crippen LogP contribution in [0, 0.1) is 11.3 Å². The maximum atomic E-state index is 12.6. The zero-order valence-corrected chi connectivity index (χ0v) is 11.5. The molecule has 0 aromatic heterocycles. The van der Waals surface area contributed by atoms with E-state index < -0.39 is 11.4 Å². The van der Waals surface area contributed by atoms with Crippen LogP contribution in [-0.2, 0) is 9.59 Å². The second-order valence-corrected chi connectivity index (χ2v) is 5.53. The van der Waals surface area contributed by atoms with Crippen molar-refractivity contribution in [1.82, 2.24) is 10.2 Å². The summed E-state index contributed by atoms with van der Waals surface area (Å²) < 4.78 is 0. The van der Waals surface area contributed by atoms with Crippen molar-refractivity contribution in [2.24, 2.45) is 11.3 Å². The Kier molecular flexibility index (Phi) is 5.14. The van der Waals surface area contributed by atoms with E-state index in [9.17, 15) is 9.59 Å². The van der Waals surface area contributed by atoms with Crippen LogP contribution < -0.4 is 5.32 Å². The minimum absolute atomic E-state index is 0.00824. The predicted molar refractivity (Wildman–Crippen MR) is 69.3 cm³/mol. The zero-order valence-electron chi connectivity index (χ0n) is 11.5. The van der Waals surface area contributed by atoms with Crippen molar-refractivity contribution < 1.29 is 14.7 Å². The summed E-state index contributed by atoms with van der Waals surface area (Å²) in [4.78, 5) is 25.0. The number of carbonyl (C=O) groups is 2. The van der Waals surface area contributed by atoms with Crippen LogP contribution >= 0.6 is 0 Å². The first-order valence-corrected chi connectivity index (χ1v) is 6.63. The molecule has 5 heteroatoms. The van der Waals surface area contributed by atoms with Gasteiger partial charge in [0.25, 0.3) is 0 Å². The summed E-state index contributed by atoms with van der Waals surface area (Å²) in [7, 11) is 0. The number of carboxylic acid groups (broad SMARTS) is 1. The normalized spacial score (nSPS) is 23.3. The lowest BCUT2D eigenvalue weighted by Crippen LogP contribution is -2.48.